The van der Waals surface area contributed by atoms with E-state index in [-0.39, 0.29) is 5.41 Å². The minimum absolute atomic E-state index is 0.264. The maximum Gasteiger partial charge on any atom is 0.312 e. The van der Waals surface area contributed by atoms with Crippen molar-refractivity contribution < 1.29 is 4.79 Å². The average molecular weight is 299 g/mol. The van der Waals surface area contributed by atoms with Crippen molar-refractivity contribution in [3.05, 3.63) is 36.0 Å². The van der Waals surface area contributed by atoms with Crippen molar-refractivity contribution >= 4 is 16.9 Å². The Morgan fingerprint density at radius 1 is 1.32 bits per heavy atom. The summed E-state index contributed by atoms with van der Waals surface area (Å²) in [6, 6.07) is 8.24. The molecular weight excluding hydrogens is 274 g/mol. The van der Waals surface area contributed by atoms with Crippen molar-refractivity contribution in [2.45, 2.75) is 43.9 Å². The van der Waals surface area contributed by atoms with Crippen LogP contribution in [-0.4, -0.2) is 17.1 Å². The Morgan fingerprint density at radius 3 is 2.77 bits per heavy atom. The molecule has 1 fully saturated rings. The normalized spacial score (nSPS) is 17.0. The number of fused-ring (bicyclic) bond motifs is 1. The Bertz CT molecular complexity index is 668. The van der Waals surface area contributed by atoms with Crippen LogP contribution in [0.1, 0.15) is 44.1 Å². The van der Waals surface area contributed by atoms with E-state index >= 15 is 0 Å². The van der Waals surface area contributed by atoms with E-state index in [1.165, 1.54) is 42.1 Å². The second-order valence-corrected chi connectivity index (χ2v) is 6.55. The maximum absolute atomic E-state index is 10.8. The molecule has 1 aromatic carbocycles. The van der Waals surface area contributed by atoms with Crippen LogP contribution in [0.15, 0.2) is 30.5 Å². The molecule has 1 aliphatic rings. The molecule has 4 nitrogen and oxygen atoms in total. The minimum Gasteiger partial charge on any atom is -0.352 e. The summed E-state index contributed by atoms with van der Waals surface area (Å²) in [6.07, 6.45) is 9.50. The Hall–Kier alpha value is -1.97. The monoisotopic (exact) mass is 299 g/mol. The van der Waals surface area contributed by atoms with Crippen LogP contribution in [0.4, 0.5) is 4.79 Å². The zero-order chi connectivity index (χ0) is 15.6. The van der Waals surface area contributed by atoms with Crippen LogP contribution in [0, 0.1) is 0 Å². The highest BCUT2D eigenvalue weighted by molar-refractivity contribution is 5.85. The van der Waals surface area contributed by atoms with E-state index in [2.05, 4.69) is 47.4 Å². The fourth-order valence-corrected chi connectivity index (χ4v) is 4.11. The molecule has 1 saturated carbocycles. The van der Waals surface area contributed by atoms with Crippen LogP contribution in [0.2, 0.25) is 0 Å². The van der Waals surface area contributed by atoms with Gasteiger partial charge in [-0.25, -0.2) is 4.79 Å². The van der Waals surface area contributed by atoms with Gasteiger partial charge in [0.05, 0.1) is 0 Å². The highest BCUT2D eigenvalue weighted by Crippen LogP contribution is 2.47. The Labute approximate surface area is 131 Å². The van der Waals surface area contributed by atoms with Crippen molar-refractivity contribution in [2.24, 2.45) is 12.8 Å². The first kappa shape index (κ1) is 14.9. The molecule has 2 aromatic rings. The highest BCUT2D eigenvalue weighted by atomic mass is 16.2. The van der Waals surface area contributed by atoms with E-state index in [1.54, 1.807) is 0 Å². The van der Waals surface area contributed by atoms with Crippen molar-refractivity contribution in [3.63, 3.8) is 0 Å². The summed E-state index contributed by atoms with van der Waals surface area (Å²) in [5, 5.41) is 4.10. The van der Waals surface area contributed by atoms with Crippen LogP contribution in [-0.2, 0) is 12.5 Å². The zero-order valence-electron chi connectivity index (χ0n) is 13.3. The standard InChI is InChI=1S/C18H25N3O/c1-21-13-15(14-7-2-3-8-16(14)21)18(9-4-5-10-18)11-6-12-20-17(19)22/h2-3,7-8,13H,4-6,9-12H2,1H3,(H3,19,20,22). The average Bonchev–Trinajstić information content (AvgIpc) is 3.10. The third kappa shape index (κ3) is 2.70. The van der Waals surface area contributed by atoms with Gasteiger partial charge in [-0.15, -0.1) is 0 Å². The molecule has 3 rings (SSSR count). The number of nitrogens with one attached hydrogen (secondary N) is 1. The van der Waals surface area contributed by atoms with Gasteiger partial charge in [0.15, 0.2) is 0 Å². The quantitative estimate of drug-likeness (QED) is 0.816. The molecule has 0 spiro atoms. The van der Waals surface area contributed by atoms with Gasteiger partial charge < -0.3 is 15.6 Å². The molecule has 4 heteroatoms. The SMILES string of the molecule is Cn1cc(C2(CCCNC(N)=O)CCCC2)c2ccccc21. The molecule has 0 unspecified atom stereocenters. The first-order chi connectivity index (χ1) is 10.6. The molecule has 0 saturated heterocycles. The number of amides is 2. The number of para-hydroxylation sites is 1. The third-order valence-electron chi connectivity index (χ3n) is 5.16. The van der Waals surface area contributed by atoms with Crippen LogP contribution in [0.3, 0.4) is 0 Å². The lowest BCUT2D eigenvalue weighted by atomic mass is 9.75. The fraction of sp³-hybridized carbons (Fsp3) is 0.500. The van der Waals surface area contributed by atoms with Gasteiger partial charge >= 0.3 is 6.03 Å². The second-order valence-electron chi connectivity index (χ2n) is 6.55. The van der Waals surface area contributed by atoms with E-state index in [4.69, 9.17) is 5.73 Å². The Morgan fingerprint density at radius 2 is 2.05 bits per heavy atom. The predicted molar refractivity (Wildman–Crippen MR) is 89.9 cm³/mol. The van der Waals surface area contributed by atoms with Crippen molar-refractivity contribution in [3.8, 4) is 0 Å². The van der Waals surface area contributed by atoms with Gasteiger partial charge in [0.1, 0.15) is 0 Å². The van der Waals surface area contributed by atoms with Crippen molar-refractivity contribution in [1.29, 1.82) is 0 Å². The first-order valence-corrected chi connectivity index (χ1v) is 8.20. The van der Waals surface area contributed by atoms with E-state index in [1.807, 2.05) is 0 Å². The molecule has 2 amide bonds. The summed E-state index contributed by atoms with van der Waals surface area (Å²) in [7, 11) is 2.13. The van der Waals surface area contributed by atoms with Gasteiger partial charge in [-0.1, -0.05) is 31.0 Å². The van der Waals surface area contributed by atoms with E-state index < -0.39 is 6.03 Å². The number of benzene rings is 1. The van der Waals surface area contributed by atoms with Crippen LogP contribution < -0.4 is 11.1 Å². The number of hydrogen-bond acceptors (Lipinski definition) is 1. The third-order valence-corrected chi connectivity index (χ3v) is 5.16. The van der Waals surface area contributed by atoms with Gasteiger partial charge in [0.25, 0.3) is 0 Å². The number of nitrogens with two attached hydrogens (primary N) is 1. The van der Waals surface area contributed by atoms with E-state index in [9.17, 15) is 4.79 Å². The number of urea groups is 1. The largest absolute Gasteiger partial charge is 0.352 e. The Balaban J connectivity index is 1.87. The number of aromatic nitrogens is 1. The summed E-state index contributed by atoms with van der Waals surface area (Å²) in [6.45, 7) is 0.669. The number of nitrogens with zero attached hydrogens (tertiary/aromatic N) is 1. The number of carbonyl (C=O) groups is 1. The molecule has 0 radical (unpaired) electrons. The summed E-state index contributed by atoms with van der Waals surface area (Å²) in [4.78, 5) is 10.8. The lowest BCUT2D eigenvalue weighted by Gasteiger charge is -2.29. The molecule has 1 heterocycles. The lowest BCUT2D eigenvalue weighted by molar-refractivity contribution is 0.248. The molecule has 1 aromatic heterocycles. The highest BCUT2D eigenvalue weighted by Gasteiger charge is 2.37. The van der Waals surface area contributed by atoms with Crippen LogP contribution >= 0.6 is 0 Å². The topological polar surface area (TPSA) is 60.1 Å². The second kappa shape index (κ2) is 6.03. The van der Waals surface area contributed by atoms with Gasteiger partial charge in [0.2, 0.25) is 0 Å². The lowest BCUT2D eigenvalue weighted by Crippen LogP contribution is -2.31. The smallest absolute Gasteiger partial charge is 0.312 e. The summed E-state index contributed by atoms with van der Waals surface area (Å²) < 4.78 is 2.24. The number of primary amides is 1. The summed E-state index contributed by atoms with van der Waals surface area (Å²) >= 11 is 0. The Kier molecular flexibility index (Phi) is 4.10. The molecular formula is C18H25N3O. The van der Waals surface area contributed by atoms with Crippen LogP contribution in [0.5, 0.6) is 0 Å². The number of carbonyl (C=O) groups excluding carboxylic acids is 1. The molecule has 0 aliphatic heterocycles. The van der Waals surface area contributed by atoms with Crippen LogP contribution in [0.25, 0.3) is 10.9 Å². The van der Waals surface area contributed by atoms with Gasteiger partial charge in [0, 0.05) is 30.7 Å². The fourth-order valence-electron chi connectivity index (χ4n) is 4.11. The molecule has 118 valence electrons. The molecule has 0 atom stereocenters. The minimum atomic E-state index is -0.425. The molecule has 3 N–H and O–H groups in total. The first-order valence-electron chi connectivity index (χ1n) is 8.20. The zero-order valence-corrected chi connectivity index (χ0v) is 13.3. The molecule has 1 aliphatic carbocycles. The van der Waals surface area contributed by atoms with Crippen molar-refractivity contribution in [1.82, 2.24) is 9.88 Å². The van der Waals surface area contributed by atoms with E-state index in [0.29, 0.717) is 6.54 Å². The molecule has 0 bridgehead atoms. The number of rotatable bonds is 5. The predicted octanol–water partition coefficient (Wildman–Crippen LogP) is 3.44. The summed E-state index contributed by atoms with van der Waals surface area (Å²) in [5.41, 5.74) is 8.21. The van der Waals surface area contributed by atoms with Gasteiger partial charge in [-0.05, 0) is 42.7 Å². The van der Waals surface area contributed by atoms with Gasteiger partial charge in [-0.2, -0.15) is 0 Å². The summed E-state index contributed by atoms with van der Waals surface area (Å²) in [5.74, 6) is 0. The molecule has 22 heavy (non-hydrogen) atoms. The number of hydrogen-bond donors (Lipinski definition) is 2. The van der Waals surface area contributed by atoms with Gasteiger partial charge in [-0.3, -0.25) is 0 Å². The maximum atomic E-state index is 10.8. The van der Waals surface area contributed by atoms with E-state index in [0.717, 1.165) is 12.8 Å². The number of aryl methyl sites for hydroxylation is 1. The van der Waals surface area contributed by atoms with Crippen molar-refractivity contribution in [2.75, 3.05) is 6.54 Å².